The molecule has 0 aliphatic heterocycles. The first kappa shape index (κ1) is 17.3. The van der Waals surface area contributed by atoms with E-state index in [2.05, 4.69) is 9.94 Å². The molecule has 4 rings (SSSR count). The molecule has 2 heterocycles. The zero-order valence-corrected chi connectivity index (χ0v) is 15.2. The molecule has 0 saturated carbocycles. The number of carbonyl (C=O) groups is 1. The first-order valence-corrected chi connectivity index (χ1v) is 8.66. The highest BCUT2D eigenvalue weighted by Crippen LogP contribution is 2.27. The van der Waals surface area contributed by atoms with E-state index < -0.39 is 0 Å². The van der Waals surface area contributed by atoms with Crippen molar-refractivity contribution in [1.29, 1.82) is 0 Å². The second-order valence-corrected chi connectivity index (χ2v) is 6.42. The summed E-state index contributed by atoms with van der Waals surface area (Å²) in [6.45, 7) is 7.03. The van der Waals surface area contributed by atoms with Crippen LogP contribution in [-0.4, -0.2) is 22.6 Å². The molecule has 0 bridgehead atoms. The summed E-state index contributed by atoms with van der Waals surface area (Å²) in [7, 11) is 1.72. The van der Waals surface area contributed by atoms with E-state index in [-0.39, 0.29) is 5.91 Å². The molecular formula is C22H17N5O. The predicted octanol–water partition coefficient (Wildman–Crippen LogP) is 4.41. The van der Waals surface area contributed by atoms with Gasteiger partial charge < -0.3 is 10.6 Å². The number of rotatable bonds is 3. The fourth-order valence-electron chi connectivity index (χ4n) is 3.06. The number of nitrogens with zero attached hydrogens (tertiary/aromatic N) is 4. The molecule has 0 aliphatic rings. The third kappa shape index (κ3) is 3.06. The smallest absolute Gasteiger partial charge is 0.258 e. The average molecular weight is 367 g/mol. The van der Waals surface area contributed by atoms with Crippen LogP contribution in [0.5, 0.6) is 0 Å². The first-order chi connectivity index (χ1) is 13.6. The number of carbonyl (C=O) groups excluding carboxylic acids is 1. The van der Waals surface area contributed by atoms with E-state index in [9.17, 15) is 4.79 Å². The van der Waals surface area contributed by atoms with Crippen molar-refractivity contribution in [2.45, 2.75) is 0 Å². The third-order valence-corrected chi connectivity index (χ3v) is 4.66. The van der Waals surface area contributed by atoms with Crippen molar-refractivity contribution in [1.82, 2.24) is 9.61 Å². The van der Waals surface area contributed by atoms with Gasteiger partial charge in [0.2, 0.25) is 0 Å². The Hall–Kier alpha value is -4.11. The molecule has 0 radical (unpaired) electrons. The molecule has 0 saturated heterocycles. The van der Waals surface area contributed by atoms with Crippen molar-refractivity contribution in [3.63, 3.8) is 0 Å². The van der Waals surface area contributed by atoms with Crippen LogP contribution in [0.25, 0.3) is 21.5 Å². The highest BCUT2D eigenvalue weighted by atomic mass is 16.2. The molecule has 136 valence electrons. The molecule has 28 heavy (non-hydrogen) atoms. The minimum Gasteiger partial charge on any atom is -0.399 e. The summed E-state index contributed by atoms with van der Waals surface area (Å²) in [5.41, 5.74) is 11.0. The summed E-state index contributed by atoms with van der Waals surface area (Å²) in [5, 5.41) is 4.37. The van der Waals surface area contributed by atoms with E-state index in [4.69, 9.17) is 12.3 Å². The number of anilines is 2. The van der Waals surface area contributed by atoms with E-state index in [1.54, 1.807) is 59.2 Å². The number of pyridine rings is 1. The summed E-state index contributed by atoms with van der Waals surface area (Å²) in [6.07, 6.45) is 3.56. The largest absolute Gasteiger partial charge is 0.399 e. The van der Waals surface area contributed by atoms with Gasteiger partial charge in [0.05, 0.1) is 18.3 Å². The molecule has 2 aromatic heterocycles. The number of benzene rings is 2. The standard InChI is InChI=1S/C22H17N5O/c1-24-18-7-9-19(10-8-18)26(2)22(28)16-11-12-27-21(13-16)20(14-25-27)15-3-5-17(23)6-4-15/h3-14H,23H2,2H3. The van der Waals surface area contributed by atoms with Gasteiger partial charge in [0.15, 0.2) is 5.69 Å². The third-order valence-electron chi connectivity index (χ3n) is 4.66. The van der Waals surface area contributed by atoms with Crippen LogP contribution in [0.4, 0.5) is 17.1 Å². The monoisotopic (exact) mass is 367 g/mol. The van der Waals surface area contributed by atoms with Crippen molar-refractivity contribution in [2.75, 3.05) is 17.7 Å². The zero-order chi connectivity index (χ0) is 19.7. The maximum absolute atomic E-state index is 13.0. The Kier molecular flexibility index (Phi) is 4.26. The van der Waals surface area contributed by atoms with Crippen molar-refractivity contribution in [2.24, 2.45) is 0 Å². The average Bonchev–Trinajstić information content (AvgIpc) is 3.16. The van der Waals surface area contributed by atoms with Gasteiger partial charge in [0.1, 0.15) is 0 Å². The van der Waals surface area contributed by atoms with Crippen LogP contribution in [0.15, 0.2) is 73.1 Å². The number of hydrogen-bond donors (Lipinski definition) is 1. The molecule has 0 atom stereocenters. The lowest BCUT2D eigenvalue weighted by Gasteiger charge is -2.17. The molecular weight excluding hydrogens is 350 g/mol. The molecule has 6 nitrogen and oxygen atoms in total. The molecule has 0 fully saturated rings. The Labute approximate surface area is 162 Å². The zero-order valence-electron chi connectivity index (χ0n) is 15.2. The number of nitrogen functional groups attached to an aromatic ring is 1. The number of aromatic nitrogens is 2. The Balaban J connectivity index is 1.70. The van der Waals surface area contributed by atoms with Gasteiger partial charge in [-0.15, -0.1) is 0 Å². The van der Waals surface area contributed by atoms with Crippen LogP contribution in [0.1, 0.15) is 10.4 Å². The minimum absolute atomic E-state index is 0.137. The lowest BCUT2D eigenvalue weighted by atomic mass is 10.1. The van der Waals surface area contributed by atoms with E-state index in [0.29, 0.717) is 16.9 Å². The maximum atomic E-state index is 13.0. The van der Waals surface area contributed by atoms with Gasteiger partial charge in [-0.05, 0) is 42.0 Å². The Morgan fingerprint density at radius 2 is 1.82 bits per heavy atom. The van der Waals surface area contributed by atoms with Crippen LogP contribution < -0.4 is 10.6 Å². The topological polar surface area (TPSA) is 68.0 Å². The van der Waals surface area contributed by atoms with Crippen LogP contribution in [0.2, 0.25) is 0 Å². The number of amides is 1. The van der Waals surface area contributed by atoms with Crippen LogP contribution in [-0.2, 0) is 0 Å². The number of hydrogen-bond acceptors (Lipinski definition) is 3. The quantitative estimate of drug-likeness (QED) is 0.431. The lowest BCUT2D eigenvalue weighted by Crippen LogP contribution is -2.26. The molecule has 0 aliphatic carbocycles. The highest BCUT2D eigenvalue weighted by Gasteiger charge is 2.16. The van der Waals surface area contributed by atoms with Gasteiger partial charge in [0.25, 0.3) is 5.91 Å². The van der Waals surface area contributed by atoms with E-state index in [1.807, 2.05) is 30.3 Å². The normalized spacial score (nSPS) is 10.6. The van der Waals surface area contributed by atoms with Crippen molar-refractivity contribution >= 4 is 28.5 Å². The molecule has 6 heteroatoms. The van der Waals surface area contributed by atoms with Gasteiger partial charge in [-0.3, -0.25) is 4.79 Å². The first-order valence-electron chi connectivity index (χ1n) is 8.66. The summed E-state index contributed by atoms with van der Waals surface area (Å²) < 4.78 is 1.74. The molecule has 2 aromatic carbocycles. The van der Waals surface area contributed by atoms with Crippen molar-refractivity contribution in [3.05, 3.63) is 90.0 Å². The summed E-state index contributed by atoms with van der Waals surface area (Å²) in [5.74, 6) is -0.137. The Morgan fingerprint density at radius 3 is 2.50 bits per heavy atom. The molecule has 0 unspecified atom stereocenters. The minimum atomic E-state index is -0.137. The highest BCUT2D eigenvalue weighted by molar-refractivity contribution is 6.06. The van der Waals surface area contributed by atoms with Gasteiger partial charge >= 0.3 is 0 Å². The molecule has 2 N–H and O–H groups in total. The maximum Gasteiger partial charge on any atom is 0.258 e. The predicted molar refractivity (Wildman–Crippen MR) is 110 cm³/mol. The van der Waals surface area contributed by atoms with Crippen LogP contribution in [0, 0.1) is 6.57 Å². The Morgan fingerprint density at radius 1 is 1.11 bits per heavy atom. The Bertz CT molecular complexity index is 1200. The van der Waals surface area contributed by atoms with E-state index >= 15 is 0 Å². The van der Waals surface area contributed by atoms with Crippen molar-refractivity contribution in [3.8, 4) is 11.1 Å². The summed E-state index contributed by atoms with van der Waals surface area (Å²) in [4.78, 5) is 17.9. The molecule has 0 spiro atoms. The molecule has 4 aromatic rings. The number of fused-ring (bicyclic) bond motifs is 1. The van der Waals surface area contributed by atoms with Crippen LogP contribution in [0.3, 0.4) is 0 Å². The number of nitrogens with two attached hydrogens (primary N) is 1. The van der Waals surface area contributed by atoms with E-state index in [1.165, 1.54) is 0 Å². The van der Waals surface area contributed by atoms with Gasteiger partial charge in [-0.2, -0.15) is 5.10 Å². The lowest BCUT2D eigenvalue weighted by molar-refractivity contribution is 0.0993. The second kappa shape index (κ2) is 6.89. The van der Waals surface area contributed by atoms with Gasteiger partial charge in [-0.1, -0.05) is 24.3 Å². The summed E-state index contributed by atoms with van der Waals surface area (Å²) in [6, 6.07) is 18.1. The summed E-state index contributed by atoms with van der Waals surface area (Å²) >= 11 is 0. The van der Waals surface area contributed by atoms with Gasteiger partial charge in [0, 0.05) is 35.7 Å². The SMILES string of the molecule is [C-]#[N+]c1ccc(N(C)C(=O)c2ccn3ncc(-c4ccc(N)cc4)c3c2)cc1. The molecule has 1 amide bonds. The van der Waals surface area contributed by atoms with Crippen molar-refractivity contribution < 1.29 is 4.79 Å². The van der Waals surface area contributed by atoms with E-state index in [0.717, 1.165) is 22.3 Å². The fraction of sp³-hybridized carbons (Fsp3) is 0.0455. The second-order valence-electron chi connectivity index (χ2n) is 6.42. The fourth-order valence-corrected chi connectivity index (χ4v) is 3.06. The van der Waals surface area contributed by atoms with Crippen LogP contribution >= 0.6 is 0 Å². The van der Waals surface area contributed by atoms with Gasteiger partial charge in [-0.25, -0.2) is 9.36 Å².